The van der Waals surface area contributed by atoms with Gasteiger partial charge in [0.25, 0.3) is 11.8 Å². The van der Waals surface area contributed by atoms with E-state index < -0.39 is 5.91 Å². The van der Waals surface area contributed by atoms with Crippen molar-refractivity contribution in [3.05, 3.63) is 37.5 Å². The van der Waals surface area contributed by atoms with Gasteiger partial charge in [0.15, 0.2) is 0 Å². The number of nitrogens with one attached hydrogen (secondary N) is 1. The first-order valence-corrected chi connectivity index (χ1v) is 4.21. The van der Waals surface area contributed by atoms with Crippen molar-refractivity contribution in [3.8, 4) is 0 Å². The van der Waals surface area contributed by atoms with Crippen molar-refractivity contribution in [1.29, 1.82) is 0 Å². The molecule has 1 aliphatic rings. The summed E-state index contributed by atoms with van der Waals surface area (Å²) in [5.74, 6) is -1.12. The fourth-order valence-electron chi connectivity index (χ4n) is 0.783. The van der Waals surface area contributed by atoms with Crippen LogP contribution in [0.15, 0.2) is 24.8 Å². The quantitative estimate of drug-likeness (QED) is 0.336. The Labute approximate surface area is 110 Å². The molecule has 6 heteroatoms. The van der Waals surface area contributed by atoms with Crippen LogP contribution in [0, 0.1) is 6.92 Å². The van der Waals surface area contributed by atoms with E-state index in [0.717, 1.165) is 4.90 Å². The van der Waals surface area contributed by atoms with Gasteiger partial charge in [-0.25, -0.2) is 0 Å². The zero-order valence-electron chi connectivity index (χ0n) is 8.53. The number of imide groups is 1. The first-order chi connectivity index (χ1) is 7.02. The normalized spacial score (nSPS) is 12.7. The molecule has 0 aromatic rings. The zero-order valence-corrected chi connectivity index (χ0v) is 10.0. The van der Waals surface area contributed by atoms with Crippen molar-refractivity contribution >= 4 is 17.7 Å². The molecule has 0 aromatic carbocycles. The maximum atomic E-state index is 10.6. The fourth-order valence-corrected chi connectivity index (χ4v) is 0.783. The Morgan fingerprint density at radius 3 is 2.00 bits per heavy atom. The molecular formula is C10H12AgN2O3-2. The van der Waals surface area contributed by atoms with Crippen molar-refractivity contribution < 1.29 is 36.8 Å². The molecule has 16 heavy (non-hydrogen) atoms. The molecule has 0 aliphatic carbocycles. The number of amides is 3. The average Bonchev–Trinajstić information content (AvgIpc) is 2.46. The second kappa shape index (κ2) is 9.09. The number of rotatable bonds is 3. The standard InChI is InChI=1S/C6H6NO2.C4H7NO.Ag/c1-2-7-5(8)3-4-6(7)9;1-2-3-4(5)6;/h3-4H,1-2H2;2H,1,3H2,(H2,5,6);/q-1;;/p-1. The largest absolute Gasteiger partial charge is 0.668 e. The number of carbonyl (C=O) groups excluding carboxylic acids is 3. The molecule has 5 nitrogen and oxygen atoms in total. The van der Waals surface area contributed by atoms with E-state index in [1.165, 1.54) is 18.2 Å². The molecule has 0 aromatic heterocycles. The Hall–Kier alpha value is -1.17. The van der Waals surface area contributed by atoms with Gasteiger partial charge in [-0.3, -0.25) is 9.59 Å². The average molecular weight is 316 g/mol. The molecule has 93 valence electrons. The molecule has 1 heterocycles. The van der Waals surface area contributed by atoms with Gasteiger partial charge in [-0.2, -0.15) is 0 Å². The van der Waals surface area contributed by atoms with Crippen molar-refractivity contribution in [3.63, 3.8) is 0 Å². The van der Waals surface area contributed by atoms with Gasteiger partial charge in [0.2, 0.25) is 0 Å². The van der Waals surface area contributed by atoms with Gasteiger partial charge in [0.1, 0.15) is 0 Å². The van der Waals surface area contributed by atoms with Crippen LogP contribution in [0.1, 0.15) is 6.42 Å². The molecule has 0 saturated carbocycles. The molecule has 1 radical (unpaired) electrons. The van der Waals surface area contributed by atoms with Crippen LogP contribution in [0.5, 0.6) is 0 Å². The molecule has 1 N–H and O–H groups in total. The predicted octanol–water partition coefficient (Wildman–Crippen LogP) is 0.884. The summed E-state index contributed by atoms with van der Waals surface area (Å²) in [7, 11) is 0. The van der Waals surface area contributed by atoms with Crippen LogP contribution in [0.2, 0.25) is 0 Å². The minimum Gasteiger partial charge on any atom is -0.668 e. The third-order valence-corrected chi connectivity index (χ3v) is 1.45. The van der Waals surface area contributed by atoms with E-state index in [0.29, 0.717) is 0 Å². The van der Waals surface area contributed by atoms with Crippen LogP contribution in [0.4, 0.5) is 0 Å². The molecule has 0 atom stereocenters. The fraction of sp³-hybridized carbons (Fsp3) is 0.200. The van der Waals surface area contributed by atoms with Crippen molar-refractivity contribution in [1.82, 2.24) is 4.90 Å². The molecule has 0 fully saturated rings. The minimum atomic E-state index is -0.579. The van der Waals surface area contributed by atoms with Gasteiger partial charge >= 0.3 is 0 Å². The summed E-state index contributed by atoms with van der Waals surface area (Å²) in [6, 6.07) is 0. The van der Waals surface area contributed by atoms with Gasteiger partial charge in [0.05, 0.1) is 5.91 Å². The van der Waals surface area contributed by atoms with Gasteiger partial charge in [-0.1, -0.05) is 12.6 Å². The number of hydrogen-bond donors (Lipinski definition) is 0. The van der Waals surface area contributed by atoms with Crippen LogP contribution in [0.3, 0.4) is 0 Å². The molecule has 0 spiro atoms. The molecule has 1 rings (SSSR count). The van der Waals surface area contributed by atoms with E-state index in [4.69, 9.17) is 5.73 Å². The number of hydrogen-bond acceptors (Lipinski definition) is 3. The van der Waals surface area contributed by atoms with E-state index in [-0.39, 0.29) is 47.2 Å². The Balaban J connectivity index is 0. The van der Waals surface area contributed by atoms with E-state index in [1.807, 2.05) is 0 Å². The van der Waals surface area contributed by atoms with Crippen molar-refractivity contribution in [2.45, 2.75) is 6.42 Å². The molecule has 0 bridgehead atoms. The second-order valence-electron chi connectivity index (χ2n) is 2.58. The van der Waals surface area contributed by atoms with Crippen molar-refractivity contribution in [2.24, 2.45) is 0 Å². The SMILES string of the molecule is C=CCC([NH-])=O.[Ag].[CH2-]CN1C(=O)C=CC1=O. The molecule has 0 saturated heterocycles. The molecule has 0 unspecified atom stereocenters. The summed E-state index contributed by atoms with van der Waals surface area (Å²) in [6.07, 6.45) is 4.07. The summed E-state index contributed by atoms with van der Waals surface area (Å²) >= 11 is 0. The third-order valence-electron chi connectivity index (χ3n) is 1.45. The van der Waals surface area contributed by atoms with Crippen LogP contribution in [-0.2, 0) is 36.8 Å². The minimum absolute atomic E-state index is 0. The molecule has 3 amide bonds. The van der Waals surface area contributed by atoms with E-state index in [9.17, 15) is 14.4 Å². The van der Waals surface area contributed by atoms with Crippen LogP contribution >= 0.6 is 0 Å². The summed E-state index contributed by atoms with van der Waals surface area (Å²) in [5.41, 5.74) is 6.27. The number of carbonyl (C=O) groups is 3. The van der Waals surface area contributed by atoms with E-state index >= 15 is 0 Å². The first kappa shape index (κ1) is 17.2. The Kier molecular flexibility index (Phi) is 9.78. The Bertz CT molecular complexity index is 295. The summed E-state index contributed by atoms with van der Waals surface area (Å²) in [5, 5.41) is 0. The second-order valence-corrected chi connectivity index (χ2v) is 2.58. The monoisotopic (exact) mass is 315 g/mol. The zero-order chi connectivity index (χ0) is 11.8. The number of nitrogens with zero attached hydrogens (tertiary/aromatic N) is 1. The van der Waals surface area contributed by atoms with Gasteiger partial charge in [-0.05, 0) is 0 Å². The molecule has 1 aliphatic heterocycles. The topological polar surface area (TPSA) is 78.2 Å². The van der Waals surface area contributed by atoms with E-state index in [2.05, 4.69) is 13.5 Å². The van der Waals surface area contributed by atoms with Gasteiger partial charge in [0, 0.05) is 41.0 Å². The van der Waals surface area contributed by atoms with Crippen molar-refractivity contribution in [2.75, 3.05) is 6.54 Å². The van der Waals surface area contributed by atoms with Crippen LogP contribution < -0.4 is 0 Å². The van der Waals surface area contributed by atoms with Crippen LogP contribution in [0.25, 0.3) is 5.73 Å². The molecular weight excluding hydrogens is 304 g/mol. The maximum Gasteiger partial charge on any atom is 0.251 e. The third kappa shape index (κ3) is 6.34. The Morgan fingerprint density at radius 2 is 1.88 bits per heavy atom. The summed E-state index contributed by atoms with van der Waals surface area (Å²) < 4.78 is 0. The Morgan fingerprint density at radius 1 is 1.44 bits per heavy atom. The van der Waals surface area contributed by atoms with E-state index in [1.54, 1.807) is 0 Å². The maximum absolute atomic E-state index is 10.6. The summed E-state index contributed by atoms with van der Waals surface area (Å²) in [4.78, 5) is 31.9. The van der Waals surface area contributed by atoms with Gasteiger partial charge < -0.3 is 22.4 Å². The summed E-state index contributed by atoms with van der Waals surface area (Å²) in [6.45, 7) is 6.89. The smallest absolute Gasteiger partial charge is 0.251 e. The predicted molar refractivity (Wildman–Crippen MR) is 55.4 cm³/mol. The first-order valence-electron chi connectivity index (χ1n) is 4.21. The van der Waals surface area contributed by atoms with Gasteiger partial charge in [-0.15, -0.1) is 6.58 Å². The van der Waals surface area contributed by atoms with Crippen LogP contribution in [-0.4, -0.2) is 29.2 Å².